The molecule has 0 aromatic heterocycles. The monoisotopic (exact) mass is 262 g/mol. The highest BCUT2D eigenvalue weighted by atomic mass is 14.4. The van der Waals surface area contributed by atoms with E-state index in [1.54, 1.807) is 5.57 Å². The second-order valence-electron chi connectivity index (χ2n) is 6.17. The van der Waals surface area contributed by atoms with Crippen molar-refractivity contribution in [2.24, 2.45) is 0 Å². The van der Waals surface area contributed by atoms with Gasteiger partial charge < -0.3 is 0 Å². The van der Waals surface area contributed by atoms with Crippen molar-refractivity contribution in [1.82, 2.24) is 0 Å². The molecule has 20 heavy (non-hydrogen) atoms. The maximum Gasteiger partial charge on any atom is 0.0142 e. The summed E-state index contributed by atoms with van der Waals surface area (Å²) < 4.78 is 0. The van der Waals surface area contributed by atoms with Gasteiger partial charge >= 0.3 is 0 Å². The van der Waals surface area contributed by atoms with Crippen molar-refractivity contribution < 1.29 is 0 Å². The van der Waals surface area contributed by atoms with Gasteiger partial charge in [0.15, 0.2) is 0 Å². The van der Waals surface area contributed by atoms with E-state index < -0.39 is 0 Å². The molecule has 0 aliphatic heterocycles. The van der Waals surface area contributed by atoms with Crippen molar-refractivity contribution >= 4 is 0 Å². The Kier molecular flexibility index (Phi) is 3.25. The van der Waals surface area contributed by atoms with Gasteiger partial charge in [-0.2, -0.15) is 0 Å². The SMILES string of the molecule is CC1=C(C)C(C)(c2ccccc2)CC1c1ccccc1. The van der Waals surface area contributed by atoms with Crippen molar-refractivity contribution in [2.75, 3.05) is 0 Å². The zero-order valence-corrected chi connectivity index (χ0v) is 12.6. The molecule has 0 N–H and O–H groups in total. The van der Waals surface area contributed by atoms with Gasteiger partial charge in [-0.25, -0.2) is 0 Å². The Bertz CT molecular complexity index is 622. The minimum Gasteiger partial charge on any atom is -0.0660 e. The molecule has 0 amide bonds. The molecule has 2 aromatic rings. The maximum absolute atomic E-state index is 2.39. The molecule has 0 fully saturated rings. The Labute approximate surface area is 122 Å². The van der Waals surface area contributed by atoms with Gasteiger partial charge in [0.2, 0.25) is 0 Å². The average molecular weight is 262 g/mol. The van der Waals surface area contributed by atoms with E-state index in [1.807, 2.05) is 0 Å². The van der Waals surface area contributed by atoms with Gasteiger partial charge in [-0.3, -0.25) is 0 Å². The van der Waals surface area contributed by atoms with Gasteiger partial charge in [-0.1, -0.05) is 78.7 Å². The molecule has 0 bridgehead atoms. The first-order valence-electron chi connectivity index (χ1n) is 7.41. The van der Waals surface area contributed by atoms with Crippen molar-refractivity contribution in [1.29, 1.82) is 0 Å². The zero-order chi connectivity index (χ0) is 14.2. The lowest BCUT2D eigenvalue weighted by Crippen LogP contribution is -2.20. The number of hydrogen-bond donors (Lipinski definition) is 0. The second-order valence-corrected chi connectivity index (χ2v) is 6.17. The largest absolute Gasteiger partial charge is 0.0660 e. The van der Waals surface area contributed by atoms with Crippen LogP contribution in [0.5, 0.6) is 0 Å². The summed E-state index contributed by atoms with van der Waals surface area (Å²) in [7, 11) is 0. The molecule has 2 aromatic carbocycles. The summed E-state index contributed by atoms with van der Waals surface area (Å²) in [5, 5.41) is 0. The summed E-state index contributed by atoms with van der Waals surface area (Å²) in [4.78, 5) is 0. The number of hydrogen-bond acceptors (Lipinski definition) is 0. The fourth-order valence-electron chi connectivity index (χ4n) is 3.60. The van der Waals surface area contributed by atoms with Crippen LogP contribution in [0.3, 0.4) is 0 Å². The van der Waals surface area contributed by atoms with Gasteiger partial charge in [0.05, 0.1) is 0 Å². The van der Waals surface area contributed by atoms with Crippen LogP contribution >= 0.6 is 0 Å². The molecule has 102 valence electrons. The first kappa shape index (κ1) is 13.2. The van der Waals surface area contributed by atoms with E-state index in [-0.39, 0.29) is 5.41 Å². The molecular weight excluding hydrogens is 240 g/mol. The summed E-state index contributed by atoms with van der Waals surface area (Å²) in [6.07, 6.45) is 1.18. The molecule has 0 spiro atoms. The van der Waals surface area contributed by atoms with Crippen LogP contribution in [0.15, 0.2) is 71.8 Å². The van der Waals surface area contributed by atoms with Crippen LogP contribution in [0.4, 0.5) is 0 Å². The predicted octanol–water partition coefficient (Wildman–Crippen LogP) is 5.47. The summed E-state index contributed by atoms with van der Waals surface area (Å²) in [5.74, 6) is 0.557. The first-order chi connectivity index (χ1) is 9.63. The minimum absolute atomic E-state index is 0.172. The van der Waals surface area contributed by atoms with Crippen LogP contribution in [-0.4, -0.2) is 0 Å². The Balaban J connectivity index is 2.03. The second kappa shape index (κ2) is 4.94. The Morgan fingerprint density at radius 2 is 1.40 bits per heavy atom. The number of benzene rings is 2. The lowest BCUT2D eigenvalue weighted by atomic mass is 9.76. The van der Waals surface area contributed by atoms with E-state index in [4.69, 9.17) is 0 Å². The molecule has 2 atom stereocenters. The van der Waals surface area contributed by atoms with E-state index in [0.29, 0.717) is 5.92 Å². The van der Waals surface area contributed by atoms with E-state index in [2.05, 4.69) is 81.4 Å². The normalized spacial score (nSPS) is 26.1. The molecule has 0 heteroatoms. The van der Waals surface area contributed by atoms with Gasteiger partial charge in [-0.15, -0.1) is 0 Å². The van der Waals surface area contributed by atoms with Crippen LogP contribution < -0.4 is 0 Å². The highest BCUT2D eigenvalue weighted by Gasteiger charge is 2.40. The van der Waals surface area contributed by atoms with Gasteiger partial charge in [0.1, 0.15) is 0 Å². The van der Waals surface area contributed by atoms with Crippen LogP contribution in [-0.2, 0) is 5.41 Å². The third-order valence-corrected chi connectivity index (χ3v) is 5.17. The number of rotatable bonds is 2. The van der Waals surface area contributed by atoms with Crippen molar-refractivity contribution in [3.05, 3.63) is 82.9 Å². The van der Waals surface area contributed by atoms with Gasteiger partial charge in [0, 0.05) is 11.3 Å². The van der Waals surface area contributed by atoms with Crippen molar-refractivity contribution in [3.8, 4) is 0 Å². The predicted molar refractivity (Wildman–Crippen MR) is 86.0 cm³/mol. The Morgan fingerprint density at radius 3 is 2.00 bits per heavy atom. The summed E-state index contributed by atoms with van der Waals surface area (Å²) in [6, 6.07) is 21.9. The lowest BCUT2D eigenvalue weighted by Gasteiger charge is -2.28. The summed E-state index contributed by atoms with van der Waals surface area (Å²) >= 11 is 0. The lowest BCUT2D eigenvalue weighted by molar-refractivity contribution is 0.522. The van der Waals surface area contributed by atoms with E-state index in [0.717, 1.165) is 0 Å². The standard InChI is InChI=1S/C20H22/c1-15-16(2)20(3,18-12-8-5-9-13-18)14-19(15)17-10-6-4-7-11-17/h4-13,19H,14H2,1-3H3. The molecule has 0 nitrogen and oxygen atoms in total. The topological polar surface area (TPSA) is 0 Å². The molecule has 0 saturated heterocycles. The van der Waals surface area contributed by atoms with E-state index in [1.165, 1.54) is 23.1 Å². The quantitative estimate of drug-likeness (QED) is 0.630. The summed E-state index contributed by atoms with van der Waals surface area (Å²) in [6.45, 7) is 7.01. The molecule has 2 unspecified atom stereocenters. The van der Waals surface area contributed by atoms with Crippen LogP contribution in [0.2, 0.25) is 0 Å². The van der Waals surface area contributed by atoms with Gasteiger partial charge in [0.25, 0.3) is 0 Å². The minimum atomic E-state index is 0.172. The third kappa shape index (κ3) is 2.00. The highest BCUT2D eigenvalue weighted by molar-refractivity contribution is 5.46. The average Bonchev–Trinajstić information content (AvgIpc) is 2.75. The van der Waals surface area contributed by atoms with Crippen molar-refractivity contribution in [2.45, 2.75) is 38.5 Å². The fourth-order valence-corrected chi connectivity index (χ4v) is 3.60. The Hall–Kier alpha value is -1.82. The molecule has 1 aliphatic rings. The molecule has 3 rings (SSSR count). The third-order valence-electron chi connectivity index (χ3n) is 5.17. The first-order valence-corrected chi connectivity index (χ1v) is 7.41. The summed E-state index contributed by atoms with van der Waals surface area (Å²) in [5.41, 5.74) is 6.14. The zero-order valence-electron chi connectivity index (χ0n) is 12.6. The van der Waals surface area contributed by atoms with Crippen molar-refractivity contribution in [3.63, 3.8) is 0 Å². The molecule has 0 radical (unpaired) electrons. The Morgan fingerprint density at radius 1 is 0.850 bits per heavy atom. The highest BCUT2D eigenvalue weighted by Crippen LogP contribution is 2.51. The van der Waals surface area contributed by atoms with Crippen LogP contribution in [0.25, 0.3) is 0 Å². The van der Waals surface area contributed by atoms with E-state index >= 15 is 0 Å². The molecular formula is C20H22. The number of allylic oxidation sites excluding steroid dienone is 2. The van der Waals surface area contributed by atoms with Crippen LogP contribution in [0, 0.1) is 0 Å². The van der Waals surface area contributed by atoms with Gasteiger partial charge in [-0.05, 0) is 31.4 Å². The maximum atomic E-state index is 2.39. The molecule has 1 aliphatic carbocycles. The van der Waals surface area contributed by atoms with Crippen LogP contribution in [0.1, 0.15) is 44.2 Å². The fraction of sp³-hybridized carbons (Fsp3) is 0.300. The van der Waals surface area contributed by atoms with E-state index in [9.17, 15) is 0 Å². The smallest absolute Gasteiger partial charge is 0.0142 e. The molecule has 0 heterocycles. The molecule has 0 saturated carbocycles.